The summed E-state index contributed by atoms with van der Waals surface area (Å²) in [5.74, 6) is -0.148. The predicted octanol–water partition coefficient (Wildman–Crippen LogP) is 2.54. The minimum Gasteiger partial charge on any atom is -0.328 e. The molecule has 2 rings (SSSR count). The number of hydrogen-bond donors (Lipinski definition) is 2. The first-order chi connectivity index (χ1) is 8.65. The van der Waals surface area contributed by atoms with Gasteiger partial charge in [0.25, 0.3) is 0 Å². The molecule has 0 atom stereocenters. The van der Waals surface area contributed by atoms with Crippen LogP contribution in [-0.2, 0) is 6.42 Å². The first-order valence-corrected chi connectivity index (χ1v) is 6.89. The molecular formula is C15H23FN2. The standard InChI is InChI=1S/C15H23FN2/c1-11-10-13(16)3-2-12(11)8-9-18-15-6-4-14(17)5-7-15/h2-3,10,14-15,18H,4-9,17H2,1H3. The van der Waals surface area contributed by atoms with E-state index in [1.54, 1.807) is 12.1 Å². The maximum absolute atomic E-state index is 13.0. The Morgan fingerprint density at radius 2 is 2.00 bits per heavy atom. The minimum atomic E-state index is -0.148. The second kappa shape index (κ2) is 6.30. The topological polar surface area (TPSA) is 38.0 Å². The Balaban J connectivity index is 1.75. The van der Waals surface area contributed by atoms with Gasteiger partial charge in [0, 0.05) is 12.1 Å². The van der Waals surface area contributed by atoms with Crippen LogP contribution in [0, 0.1) is 12.7 Å². The van der Waals surface area contributed by atoms with Gasteiger partial charge >= 0.3 is 0 Å². The van der Waals surface area contributed by atoms with Gasteiger partial charge in [-0.1, -0.05) is 6.07 Å². The Morgan fingerprint density at radius 1 is 1.28 bits per heavy atom. The highest BCUT2D eigenvalue weighted by Crippen LogP contribution is 2.17. The summed E-state index contributed by atoms with van der Waals surface area (Å²) in [5.41, 5.74) is 8.16. The van der Waals surface area contributed by atoms with E-state index < -0.39 is 0 Å². The zero-order valence-electron chi connectivity index (χ0n) is 11.1. The van der Waals surface area contributed by atoms with Gasteiger partial charge in [0.05, 0.1) is 0 Å². The Morgan fingerprint density at radius 3 is 2.67 bits per heavy atom. The lowest BCUT2D eigenvalue weighted by Crippen LogP contribution is -2.38. The van der Waals surface area contributed by atoms with Gasteiger partial charge in [-0.2, -0.15) is 0 Å². The number of nitrogens with two attached hydrogens (primary N) is 1. The summed E-state index contributed by atoms with van der Waals surface area (Å²) in [6, 6.07) is 6.06. The summed E-state index contributed by atoms with van der Waals surface area (Å²) >= 11 is 0. The molecule has 0 amide bonds. The SMILES string of the molecule is Cc1cc(F)ccc1CCNC1CCC(N)CC1. The maximum Gasteiger partial charge on any atom is 0.123 e. The first-order valence-electron chi connectivity index (χ1n) is 6.89. The molecule has 0 bridgehead atoms. The predicted molar refractivity (Wildman–Crippen MR) is 73.1 cm³/mol. The summed E-state index contributed by atoms with van der Waals surface area (Å²) in [6.07, 6.45) is 5.60. The largest absolute Gasteiger partial charge is 0.328 e. The molecule has 1 aromatic carbocycles. The van der Waals surface area contributed by atoms with E-state index in [1.807, 2.05) is 13.0 Å². The van der Waals surface area contributed by atoms with Crippen molar-refractivity contribution in [2.24, 2.45) is 5.73 Å². The third kappa shape index (κ3) is 3.79. The Bertz CT molecular complexity index is 384. The van der Waals surface area contributed by atoms with E-state index in [-0.39, 0.29) is 5.82 Å². The molecule has 3 N–H and O–H groups in total. The van der Waals surface area contributed by atoms with Gasteiger partial charge in [-0.15, -0.1) is 0 Å². The molecule has 1 aliphatic carbocycles. The van der Waals surface area contributed by atoms with Crippen LogP contribution in [-0.4, -0.2) is 18.6 Å². The Labute approximate surface area is 109 Å². The van der Waals surface area contributed by atoms with Gasteiger partial charge in [-0.3, -0.25) is 0 Å². The van der Waals surface area contributed by atoms with Crippen LogP contribution in [0.4, 0.5) is 4.39 Å². The quantitative estimate of drug-likeness (QED) is 0.862. The zero-order chi connectivity index (χ0) is 13.0. The lowest BCUT2D eigenvalue weighted by Gasteiger charge is -2.27. The summed E-state index contributed by atoms with van der Waals surface area (Å²) in [6.45, 7) is 2.93. The fourth-order valence-electron chi connectivity index (χ4n) is 2.67. The molecule has 3 heteroatoms. The molecular weight excluding hydrogens is 227 g/mol. The number of rotatable bonds is 4. The third-order valence-electron chi connectivity index (χ3n) is 3.90. The van der Waals surface area contributed by atoms with Crippen molar-refractivity contribution in [1.82, 2.24) is 5.32 Å². The zero-order valence-corrected chi connectivity index (χ0v) is 11.1. The van der Waals surface area contributed by atoms with Gasteiger partial charge in [0.2, 0.25) is 0 Å². The van der Waals surface area contributed by atoms with Crippen LogP contribution in [0.15, 0.2) is 18.2 Å². The lowest BCUT2D eigenvalue weighted by atomic mass is 9.91. The summed E-state index contributed by atoms with van der Waals surface area (Å²) in [5, 5.41) is 3.58. The molecule has 0 saturated heterocycles. The van der Waals surface area contributed by atoms with Gasteiger partial charge in [-0.05, 0) is 68.8 Å². The highest BCUT2D eigenvalue weighted by Gasteiger charge is 2.17. The van der Waals surface area contributed by atoms with Crippen molar-refractivity contribution in [2.75, 3.05) is 6.54 Å². The molecule has 2 nitrogen and oxygen atoms in total. The van der Waals surface area contributed by atoms with Gasteiger partial charge in [0.15, 0.2) is 0 Å². The number of hydrogen-bond acceptors (Lipinski definition) is 2. The summed E-state index contributed by atoms with van der Waals surface area (Å²) in [4.78, 5) is 0. The van der Waals surface area contributed by atoms with E-state index >= 15 is 0 Å². The minimum absolute atomic E-state index is 0.148. The number of benzene rings is 1. The van der Waals surface area contributed by atoms with E-state index in [9.17, 15) is 4.39 Å². The first kappa shape index (κ1) is 13.5. The van der Waals surface area contributed by atoms with Crippen LogP contribution < -0.4 is 11.1 Å². The molecule has 0 heterocycles. The van der Waals surface area contributed by atoms with E-state index in [2.05, 4.69) is 5.32 Å². The smallest absolute Gasteiger partial charge is 0.123 e. The molecule has 100 valence electrons. The van der Waals surface area contributed by atoms with Crippen LogP contribution in [0.1, 0.15) is 36.8 Å². The average Bonchev–Trinajstić information content (AvgIpc) is 2.34. The monoisotopic (exact) mass is 250 g/mol. The number of aryl methyl sites for hydroxylation is 1. The van der Waals surface area contributed by atoms with Crippen molar-refractivity contribution in [3.8, 4) is 0 Å². The van der Waals surface area contributed by atoms with Crippen LogP contribution in [0.5, 0.6) is 0 Å². The second-order valence-corrected chi connectivity index (χ2v) is 5.39. The highest BCUT2D eigenvalue weighted by atomic mass is 19.1. The van der Waals surface area contributed by atoms with Crippen molar-refractivity contribution < 1.29 is 4.39 Å². The van der Waals surface area contributed by atoms with E-state index in [0.29, 0.717) is 12.1 Å². The molecule has 0 radical (unpaired) electrons. The van der Waals surface area contributed by atoms with Crippen molar-refractivity contribution in [1.29, 1.82) is 0 Å². The second-order valence-electron chi connectivity index (χ2n) is 5.39. The molecule has 1 aromatic rings. The van der Waals surface area contributed by atoms with Crippen molar-refractivity contribution in [2.45, 2.75) is 51.1 Å². The molecule has 0 aliphatic heterocycles. The lowest BCUT2D eigenvalue weighted by molar-refractivity contribution is 0.344. The summed E-state index contributed by atoms with van der Waals surface area (Å²) < 4.78 is 13.0. The Hall–Kier alpha value is -0.930. The van der Waals surface area contributed by atoms with Crippen molar-refractivity contribution in [3.63, 3.8) is 0 Å². The van der Waals surface area contributed by atoms with Crippen molar-refractivity contribution >= 4 is 0 Å². The molecule has 0 spiro atoms. The molecule has 0 unspecified atom stereocenters. The fourth-order valence-corrected chi connectivity index (χ4v) is 2.67. The van der Waals surface area contributed by atoms with Gasteiger partial charge < -0.3 is 11.1 Å². The average molecular weight is 250 g/mol. The fraction of sp³-hybridized carbons (Fsp3) is 0.600. The summed E-state index contributed by atoms with van der Waals surface area (Å²) in [7, 11) is 0. The molecule has 1 fully saturated rings. The van der Waals surface area contributed by atoms with Crippen LogP contribution in [0.3, 0.4) is 0 Å². The molecule has 18 heavy (non-hydrogen) atoms. The number of nitrogens with one attached hydrogen (secondary N) is 1. The third-order valence-corrected chi connectivity index (χ3v) is 3.90. The number of halogens is 1. The van der Waals surface area contributed by atoms with Crippen LogP contribution in [0.2, 0.25) is 0 Å². The van der Waals surface area contributed by atoms with E-state index in [1.165, 1.54) is 18.4 Å². The van der Waals surface area contributed by atoms with Crippen molar-refractivity contribution in [3.05, 3.63) is 35.1 Å². The van der Waals surface area contributed by atoms with Crippen LogP contribution >= 0.6 is 0 Å². The maximum atomic E-state index is 13.0. The van der Waals surface area contributed by atoms with E-state index in [4.69, 9.17) is 5.73 Å². The van der Waals surface area contributed by atoms with Gasteiger partial charge in [0.1, 0.15) is 5.82 Å². The molecule has 1 aliphatic rings. The Kier molecular flexibility index (Phi) is 4.72. The van der Waals surface area contributed by atoms with E-state index in [0.717, 1.165) is 31.4 Å². The molecule has 0 aromatic heterocycles. The van der Waals surface area contributed by atoms with Gasteiger partial charge in [-0.25, -0.2) is 4.39 Å². The molecule has 1 saturated carbocycles. The highest BCUT2D eigenvalue weighted by molar-refractivity contribution is 5.26. The normalized spacial score (nSPS) is 24.2. The van der Waals surface area contributed by atoms with Crippen LogP contribution in [0.25, 0.3) is 0 Å².